The Morgan fingerprint density at radius 2 is 1.65 bits per heavy atom. The molecule has 3 saturated carbocycles. The number of esters is 2. The molecule has 0 N–H and O–H groups in total. The molecule has 4 nitrogen and oxygen atoms in total. The lowest BCUT2D eigenvalue weighted by atomic mass is 9.48. The molecule has 184 valence electrons. The van der Waals surface area contributed by atoms with Crippen molar-refractivity contribution in [2.45, 2.75) is 95.0 Å². The van der Waals surface area contributed by atoms with Gasteiger partial charge in [0.25, 0.3) is 0 Å². The topological polar surface area (TPSA) is 52.6 Å². The molecule has 5 rings (SSSR count). The van der Waals surface area contributed by atoms with Crippen molar-refractivity contribution < 1.29 is 19.1 Å². The van der Waals surface area contributed by atoms with Gasteiger partial charge in [-0.2, -0.15) is 0 Å². The van der Waals surface area contributed by atoms with Crippen LogP contribution in [0.1, 0.15) is 72.6 Å². The number of fused-ring (bicyclic) bond motifs is 5. The summed E-state index contributed by atoms with van der Waals surface area (Å²) in [5.41, 5.74) is 1.72. The van der Waals surface area contributed by atoms with E-state index in [1.165, 1.54) is 23.8 Å². The first-order valence-electron chi connectivity index (χ1n) is 13.0. The van der Waals surface area contributed by atoms with Gasteiger partial charge in [0.05, 0.1) is 0 Å². The molecule has 4 aliphatic rings. The molecule has 34 heavy (non-hydrogen) atoms. The number of thioether (sulfide) groups is 1. The maximum atomic E-state index is 11.9. The molecule has 0 radical (unpaired) electrons. The van der Waals surface area contributed by atoms with E-state index in [4.69, 9.17) is 9.47 Å². The largest absolute Gasteiger partial charge is 0.462 e. The predicted octanol–water partition coefficient (Wildman–Crippen LogP) is 6.58. The first-order valence-corrected chi connectivity index (χ1v) is 13.9. The first kappa shape index (κ1) is 24.0. The second-order valence-electron chi connectivity index (χ2n) is 11.5. The predicted molar refractivity (Wildman–Crippen MR) is 134 cm³/mol. The normalized spacial score (nSPS) is 40.9. The highest BCUT2D eigenvalue weighted by Crippen LogP contribution is 2.67. The van der Waals surface area contributed by atoms with Crippen molar-refractivity contribution in [1.82, 2.24) is 0 Å². The zero-order chi connectivity index (χ0) is 24.1. The molecule has 0 bridgehead atoms. The highest BCUT2D eigenvalue weighted by atomic mass is 32.2. The summed E-state index contributed by atoms with van der Waals surface area (Å²) in [6.45, 7) is 7.94. The summed E-state index contributed by atoms with van der Waals surface area (Å²) in [4.78, 5) is 24.9. The number of ether oxygens (including phenoxy) is 2. The van der Waals surface area contributed by atoms with Gasteiger partial charge in [0.2, 0.25) is 0 Å². The molecular weight excluding hydrogens is 444 g/mol. The number of carbonyl (C=O) groups is 2. The van der Waals surface area contributed by atoms with Crippen molar-refractivity contribution in [2.24, 2.45) is 28.6 Å². The lowest BCUT2D eigenvalue weighted by Crippen LogP contribution is -2.55. The van der Waals surface area contributed by atoms with Crippen LogP contribution in [0.5, 0.6) is 0 Å². The molecule has 8 atom stereocenters. The van der Waals surface area contributed by atoms with Crippen molar-refractivity contribution in [3.05, 3.63) is 42.0 Å². The Morgan fingerprint density at radius 1 is 0.912 bits per heavy atom. The van der Waals surface area contributed by atoms with Crippen molar-refractivity contribution in [3.8, 4) is 0 Å². The number of hydrogen-bond donors (Lipinski definition) is 0. The number of rotatable bonds is 4. The summed E-state index contributed by atoms with van der Waals surface area (Å²) in [5.74, 6) is 1.40. The van der Waals surface area contributed by atoms with E-state index in [0.29, 0.717) is 23.0 Å². The van der Waals surface area contributed by atoms with Gasteiger partial charge in [0.15, 0.2) is 0 Å². The van der Waals surface area contributed by atoms with Crippen LogP contribution in [0, 0.1) is 28.6 Å². The van der Waals surface area contributed by atoms with Crippen LogP contribution in [-0.4, -0.2) is 29.4 Å². The van der Waals surface area contributed by atoms with Gasteiger partial charge >= 0.3 is 11.9 Å². The Morgan fingerprint density at radius 3 is 2.35 bits per heavy atom. The molecule has 1 aromatic rings. The van der Waals surface area contributed by atoms with Gasteiger partial charge in [-0.15, -0.1) is 11.8 Å². The van der Waals surface area contributed by atoms with E-state index >= 15 is 0 Å². The summed E-state index contributed by atoms with van der Waals surface area (Å²) in [7, 11) is 0. The van der Waals surface area contributed by atoms with Crippen molar-refractivity contribution >= 4 is 23.7 Å². The summed E-state index contributed by atoms with van der Waals surface area (Å²) in [5, 5.41) is 0.382. The Labute approximate surface area is 208 Å². The van der Waals surface area contributed by atoms with Gasteiger partial charge in [0.1, 0.15) is 12.2 Å². The highest BCUT2D eigenvalue weighted by molar-refractivity contribution is 8.00. The molecule has 0 aromatic heterocycles. The molecular formula is C29H38O4S. The van der Waals surface area contributed by atoms with Gasteiger partial charge in [-0.1, -0.05) is 43.7 Å². The van der Waals surface area contributed by atoms with Crippen LogP contribution in [0.4, 0.5) is 0 Å². The third-order valence-corrected chi connectivity index (χ3v) is 10.9. The number of benzene rings is 1. The lowest BCUT2D eigenvalue weighted by Gasteiger charge is -2.59. The van der Waals surface area contributed by atoms with Crippen LogP contribution in [0.25, 0.3) is 0 Å². The molecule has 4 aliphatic carbocycles. The summed E-state index contributed by atoms with van der Waals surface area (Å²) in [6, 6.07) is 10.7. The van der Waals surface area contributed by atoms with E-state index in [0.717, 1.165) is 38.5 Å². The van der Waals surface area contributed by atoms with Gasteiger partial charge in [-0.3, -0.25) is 9.59 Å². The van der Waals surface area contributed by atoms with Crippen molar-refractivity contribution in [3.63, 3.8) is 0 Å². The smallest absolute Gasteiger partial charge is 0.302 e. The number of carbonyl (C=O) groups excluding carboxylic acids is 2. The average Bonchev–Trinajstić information content (AvgIpc) is 3.10. The van der Waals surface area contributed by atoms with E-state index in [1.54, 1.807) is 6.92 Å². The summed E-state index contributed by atoms with van der Waals surface area (Å²) in [6.07, 6.45) is 9.90. The Balaban J connectivity index is 1.51. The third kappa shape index (κ3) is 4.12. The monoisotopic (exact) mass is 482 g/mol. The van der Waals surface area contributed by atoms with E-state index in [-0.39, 0.29) is 35.0 Å². The fraction of sp³-hybridized carbons (Fsp3) is 0.655. The lowest BCUT2D eigenvalue weighted by molar-refractivity contribution is -0.156. The standard InChI is InChI=1S/C29H38O4S/c1-18(30)32-21-12-14-28(3)20(16-21)17-25(34-22-8-6-5-7-9-22)27-23-10-11-26(33-19(2)31)29(23,4)15-13-24(27)28/h5-9,17,21,23-27H,10-16H2,1-4H3/t21-,23?,24?,25?,26-,27?,28-,29-/m0/s1. The minimum absolute atomic E-state index is 0.00411. The Bertz CT molecular complexity index is 974. The SMILES string of the molecule is CC(=O)O[C@H]1CC[C@@]2(C)C(=CC(Sc3ccccc3)C3C2CC[C@@]2(C)C3CC[C@@H]2OC(C)=O)C1. The maximum absolute atomic E-state index is 11.9. The minimum Gasteiger partial charge on any atom is -0.462 e. The molecule has 0 spiro atoms. The molecule has 1 aromatic carbocycles. The average molecular weight is 483 g/mol. The highest BCUT2D eigenvalue weighted by Gasteiger charge is 2.61. The van der Waals surface area contributed by atoms with E-state index < -0.39 is 0 Å². The molecule has 5 heteroatoms. The van der Waals surface area contributed by atoms with Gasteiger partial charge in [-0.05, 0) is 73.8 Å². The van der Waals surface area contributed by atoms with Crippen LogP contribution in [0.2, 0.25) is 0 Å². The van der Waals surface area contributed by atoms with Gasteiger partial charge in [0, 0.05) is 35.8 Å². The fourth-order valence-corrected chi connectivity index (χ4v) is 9.44. The first-order chi connectivity index (χ1) is 16.2. The van der Waals surface area contributed by atoms with Crippen LogP contribution >= 0.6 is 11.8 Å². The molecule has 0 aliphatic heterocycles. The Hall–Kier alpha value is -1.75. The molecule has 3 fully saturated rings. The molecule has 0 heterocycles. The second-order valence-corrected chi connectivity index (χ2v) is 12.7. The summed E-state index contributed by atoms with van der Waals surface area (Å²) >= 11 is 1.99. The van der Waals surface area contributed by atoms with Crippen LogP contribution in [-0.2, 0) is 19.1 Å². The quantitative estimate of drug-likeness (QED) is 0.358. The second kappa shape index (κ2) is 9.04. The molecule has 0 amide bonds. The van der Waals surface area contributed by atoms with E-state index in [1.807, 2.05) is 11.8 Å². The molecule has 0 saturated heterocycles. The van der Waals surface area contributed by atoms with Crippen LogP contribution < -0.4 is 0 Å². The Kier molecular flexibility index (Phi) is 6.37. The van der Waals surface area contributed by atoms with Crippen LogP contribution in [0.3, 0.4) is 0 Å². The van der Waals surface area contributed by atoms with E-state index in [9.17, 15) is 9.59 Å². The van der Waals surface area contributed by atoms with Gasteiger partial charge in [-0.25, -0.2) is 0 Å². The molecule has 4 unspecified atom stereocenters. The van der Waals surface area contributed by atoms with Crippen molar-refractivity contribution in [1.29, 1.82) is 0 Å². The van der Waals surface area contributed by atoms with Gasteiger partial charge < -0.3 is 9.47 Å². The van der Waals surface area contributed by atoms with Crippen LogP contribution in [0.15, 0.2) is 46.9 Å². The zero-order valence-corrected chi connectivity index (χ0v) is 21.7. The van der Waals surface area contributed by atoms with Crippen molar-refractivity contribution in [2.75, 3.05) is 0 Å². The van der Waals surface area contributed by atoms with E-state index in [2.05, 4.69) is 50.3 Å². The third-order valence-electron chi connectivity index (χ3n) is 9.63. The minimum atomic E-state index is -0.172. The maximum Gasteiger partial charge on any atom is 0.302 e. The number of hydrogen-bond acceptors (Lipinski definition) is 5. The zero-order valence-electron chi connectivity index (χ0n) is 20.9. The fourth-order valence-electron chi connectivity index (χ4n) is 8.04. The summed E-state index contributed by atoms with van der Waals surface area (Å²) < 4.78 is 11.6.